The predicted molar refractivity (Wildman–Crippen MR) is 114 cm³/mol. The second-order valence-electron chi connectivity index (χ2n) is 7.55. The number of unbranched alkanes of at least 4 members (excludes halogenated alkanes) is 1. The van der Waals surface area contributed by atoms with Crippen molar-refractivity contribution >= 4 is 17.5 Å². The number of rotatable bonds is 4. The third kappa shape index (κ3) is 5.55. The van der Waals surface area contributed by atoms with Crippen LogP contribution in [-0.2, 0) is 14.4 Å². The Bertz CT molecular complexity index is 916. The number of fused-ring (bicyclic) bond motifs is 2. The van der Waals surface area contributed by atoms with Gasteiger partial charge in [0.25, 0.3) is 0 Å². The fourth-order valence-electron chi connectivity index (χ4n) is 3.63. The molecule has 0 aliphatic heterocycles. The van der Waals surface area contributed by atoms with Gasteiger partial charge in [-0.25, -0.2) is 4.79 Å². The summed E-state index contributed by atoms with van der Waals surface area (Å²) in [5.41, 5.74) is 0.136. The fourth-order valence-corrected chi connectivity index (χ4v) is 3.63. The molecule has 148 valence electrons. The van der Waals surface area contributed by atoms with Crippen molar-refractivity contribution in [2.24, 2.45) is 21.9 Å². The first kappa shape index (κ1) is 23.6. The average Bonchev–Trinajstić information content (AvgIpc) is 3.00. The zero-order chi connectivity index (χ0) is 21.9. The van der Waals surface area contributed by atoms with Gasteiger partial charge in [0.2, 0.25) is 0 Å². The molecule has 0 aromatic carbocycles. The lowest BCUT2D eigenvalue weighted by Gasteiger charge is -2.32. The molecule has 0 spiro atoms. The van der Waals surface area contributed by atoms with Crippen LogP contribution in [0.4, 0.5) is 0 Å². The number of terminal acetylenes is 2. The first-order valence-corrected chi connectivity index (χ1v) is 9.50. The van der Waals surface area contributed by atoms with Gasteiger partial charge in [-0.05, 0) is 72.0 Å². The van der Waals surface area contributed by atoms with Crippen molar-refractivity contribution in [2.75, 3.05) is 0 Å². The first-order chi connectivity index (χ1) is 13.8. The Morgan fingerprint density at radius 3 is 2.10 bits per heavy atom. The molecule has 2 aliphatic carbocycles. The summed E-state index contributed by atoms with van der Waals surface area (Å²) < 4.78 is 0. The van der Waals surface area contributed by atoms with E-state index in [2.05, 4.69) is 73.3 Å². The summed E-state index contributed by atoms with van der Waals surface area (Å²) in [6, 6.07) is 0. The monoisotopic (exact) mass is 387 g/mol. The van der Waals surface area contributed by atoms with Crippen LogP contribution >= 0.6 is 0 Å². The van der Waals surface area contributed by atoms with Gasteiger partial charge in [-0.2, -0.15) is 0 Å². The summed E-state index contributed by atoms with van der Waals surface area (Å²) in [6.45, 7) is 8.31. The summed E-state index contributed by atoms with van der Waals surface area (Å²) >= 11 is 0. The second kappa shape index (κ2) is 10.8. The van der Waals surface area contributed by atoms with Crippen LogP contribution in [0.25, 0.3) is 0 Å². The lowest BCUT2D eigenvalue weighted by atomic mass is 9.70. The van der Waals surface area contributed by atoms with E-state index in [4.69, 9.17) is 17.7 Å². The molecular formula is C25H25NO3. The number of carbonyl (C=O) groups excluding carboxylic acids is 2. The molecule has 2 atom stereocenters. The molecule has 2 fully saturated rings. The number of hydrogen-bond acceptors (Lipinski definition) is 4. The molecule has 2 bridgehead atoms. The summed E-state index contributed by atoms with van der Waals surface area (Å²) in [4.78, 5) is 28.7. The largest absolute Gasteiger partial charge is 0.335 e. The molecular weight excluding hydrogens is 362 g/mol. The van der Waals surface area contributed by atoms with Gasteiger partial charge in [0, 0.05) is 17.8 Å². The molecule has 2 rings (SSSR count). The maximum absolute atomic E-state index is 12.3. The lowest BCUT2D eigenvalue weighted by Crippen LogP contribution is -2.34. The SMILES string of the molecule is C#CC#CC#CC#CC#C.CCCCC(=O)O/N=C1/C(=O)C2CCC1(C)C2(C)C. The van der Waals surface area contributed by atoms with Crippen LogP contribution in [-0.4, -0.2) is 17.5 Å². The number of carbonyl (C=O) groups is 2. The van der Waals surface area contributed by atoms with Crippen LogP contribution < -0.4 is 0 Å². The van der Waals surface area contributed by atoms with Crippen molar-refractivity contribution in [1.82, 2.24) is 0 Å². The Hall–Kier alpha value is -3.39. The van der Waals surface area contributed by atoms with Gasteiger partial charge in [-0.3, -0.25) is 4.79 Å². The second-order valence-corrected chi connectivity index (χ2v) is 7.55. The molecule has 4 heteroatoms. The zero-order valence-electron chi connectivity index (χ0n) is 17.4. The molecule has 0 amide bonds. The Labute approximate surface area is 174 Å². The van der Waals surface area contributed by atoms with E-state index in [0.717, 1.165) is 25.7 Å². The van der Waals surface area contributed by atoms with Crippen molar-refractivity contribution in [1.29, 1.82) is 0 Å². The van der Waals surface area contributed by atoms with E-state index in [1.807, 2.05) is 6.92 Å². The van der Waals surface area contributed by atoms with Crippen LogP contribution in [0.5, 0.6) is 0 Å². The van der Waals surface area contributed by atoms with E-state index >= 15 is 0 Å². The maximum atomic E-state index is 12.3. The molecule has 0 heterocycles. The lowest BCUT2D eigenvalue weighted by molar-refractivity contribution is -0.143. The number of oxime groups is 1. The van der Waals surface area contributed by atoms with E-state index in [1.165, 1.54) is 0 Å². The maximum Gasteiger partial charge on any atom is 0.335 e. The van der Waals surface area contributed by atoms with Crippen molar-refractivity contribution < 1.29 is 14.4 Å². The fraction of sp³-hybridized carbons (Fsp3) is 0.480. The zero-order valence-corrected chi connectivity index (χ0v) is 17.4. The molecule has 0 saturated heterocycles. The molecule has 0 aromatic heterocycles. The molecule has 0 N–H and O–H groups in total. The number of hydrogen-bond donors (Lipinski definition) is 0. The highest BCUT2D eigenvalue weighted by atomic mass is 16.7. The topological polar surface area (TPSA) is 55.7 Å². The Balaban J connectivity index is 0.000000359. The molecule has 29 heavy (non-hydrogen) atoms. The van der Waals surface area contributed by atoms with Gasteiger partial charge < -0.3 is 4.84 Å². The number of nitrogens with zero attached hydrogens (tertiary/aromatic N) is 1. The van der Waals surface area contributed by atoms with E-state index in [0.29, 0.717) is 12.1 Å². The standard InChI is InChI=1S/C15H23NO3.C10H2/c1-5-6-7-11(17)19-16-13-12(18)10-8-9-15(13,4)14(10,2)3;1-3-5-7-9-10-8-6-4-2/h10H,5-9H2,1-4H3;1-2H/b16-13-;. The smallest absolute Gasteiger partial charge is 0.318 e. The summed E-state index contributed by atoms with van der Waals surface area (Å²) in [5.74, 6) is 18.1. The van der Waals surface area contributed by atoms with E-state index < -0.39 is 0 Å². The summed E-state index contributed by atoms with van der Waals surface area (Å²) in [5, 5.41) is 3.92. The number of ketones is 1. The Kier molecular flexibility index (Phi) is 8.82. The Morgan fingerprint density at radius 2 is 1.66 bits per heavy atom. The minimum atomic E-state index is -0.341. The van der Waals surface area contributed by atoms with Gasteiger partial charge in [0.15, 0.2) is 5.78 Å². The third-order valence-corrected chi connectivity index (χ3v) is 5.73. The summed E-state index contributed by atoms with van der Waals surface area (Å²) in [7, 11) is 0. The van der Waals surface area contributed by atoms with E-state index in [9.17, 15) is 9.59 Å². The van der Waals surface area contributed by atoms with Gasteiger partial charge >= 0.3 is 5.97 Å². The summed E-state index contributed by atoms with van der Waals surface area (Å²) in [6.07, 6.45) is 13.6. The van der Waals surface area contributed by atoms with E-state index in [-0.39, 0.29) is 28.5 Å². The van der Waals surface area contributed by atoms with Crippen LogP contribution in [0.2, 0.25) is 0 Å². The first-order valence-electron chi connectivity index (χ1n) is 9.50. The van der Waals surface area contributed by atoms with Crippen molar-refractivity contribution in [3.05, 3.63) is 0 Å². The minimum absolute atomic E-state index is 0.0330. The van der Waals surface area contributed by atoms with Crippen LogP contribution in [0.1, 0.15) is 59.8 Å². The average molecular weight is 387 g/mol. The molecule has 2 aliphatic rings. The van der Waals surface area contributed by atoms with Crippen molar-refractivity contribution in [2.45, 2.75) is 59.8 Å². The Morgan fingerprint density at radius 1 is 1.10 bits per heavy atom. The molecule has 2 unspecified atom stereocenters. The van der Waals surface area contributed by atoms with Gasteiger partial charge in [0.05, 0.1) is 0 Å². The van der Waals surface area contributed by atoms with E-state index in [1.54, 1.807) is 0 Å². The van der Waals surface area contributed by atoms with Gasteiger partial charge in [-0.15, -0.1) is 12.8 Å². The van der Waals surface area contributed by atoms with Gasteiger partial charge in [0.1, 0.15) is 5.71 Å². The highest BCUT2D eigenvalue weighted by Crippen LogP contribution is 2.62. The van der Waals surface area contributed by atoms with Gasteiger partial charge in [-0.1, -0.05) is 39.3 Å². The van der Waals surface area contributed by atoms with Crippen molar-refractivity contribution in [3.8, 4) is 60.2 Å². The quantitative estimate of drug-likeness (QED) is 0.422. The predicted octanol–water partition coefficient (Wildman–Crippen LogP) is 3.36. The third-order valence-electron chi connectivity index (χ3n) is 5.73. The van der Waals surface area contributed by atoms with Crippen LogP contribution in [0, 0.1) is 77.0 Å². The molecule has 0 radical (unpaired) electrons. The minimum Gasteiger partial charge on any atom is -0.318 e. The van der Waals surface area contributed by atoms with Crippen LogP contribution in [0.3, 0.4) is 0 Å². The van der Waals surface area contributed by atoms with Crippen molar-refractivity contribution in [3.63, 3.8) is 0 Å². The van der Waals surface area contributed by atoms with Crippen LogP contribution in [0.15, 0.2) is 5.16 Å². The number of Topliss-reactive ketones (excluding diaryl/α,β-unsaturated/α-hetero) is 1. The molecule has 4 nitrogen and oxygen atoms in total. The highest BCUT2D eigenvalue weighted by Gasteiger charge is 2.65. The molecule has 2 saturated carbocycles. The molecule has 0 aromatic rings. The normalized spacial score (nSPS) is 23.4. The highest BCUT2D eigenvalue weighted by molar-refractivity contribution is 6.45.